The molecule has 0 aliphatic rings. The molecule has 3 N–H and O–H groups in total. The second-order valence-corrected chi connectivity index (χ2v) is 3.00. The normalized spacial score (nSPS) is 12.9. The molecule has 0 fully saturated rings. The molecule has 0 aliphatic carbocycles. The van der Waals surface area contributed by atoms with E-state index in [-0.39, 0.29) is 12.6 Å². The Balaban J connectivity index is 2.84. The summed E-state index contributed by atoms with van der Waals surface area (Å²) in [5, 5.41) is 8.65. The van der Waals surface area contributed by atoms with Gasteiger partial charge < -0.3 is 10.8 Å². The predicted octanol–water partition coefficient (Wildman–Crippen LogP) is 0.911. The van der Waals surface area contributed by atoms with Crippen LogP contribution in [0.15, 0.2) is 12.3 Å². The van der Waals surface area contributed by atoms with Crippen LogP contribution in [-0.2, 0) is 0 Å². The largest absolute Gasteiger partial charge is 0.396 e. The SMILES string of the molecule is Cc1cc([C@H](N)CCO)cnc1F. The van der Waals surface area contributed by atoms with Crippen molar-refractivity contribution in [2.45, 2.75) is 19.4 Å². The maximum Gasteiger partial charge on any atom is 0.215 e. The third kappa shape index (κ3) is 2.47. The van der Waals surface area contributed by atoms with Crippen LogP contribution in [0.5, 0.6) is 0 Å². The van der Waals surface area contributed by atoms with Gasteiger partial charge in [-0.25, -0.2) is 4.98 Å². The van der Waals surface area contributed by atoms with Crippen molar-refractivity contribution in [3.63, 3.8) is 0 Å². The average molecular weight is 184 g/mol. The van der Waals surface area contributed by atoms with Gasteiger partial charge in [0.05, 0.1) is 0 Å². The first-order valence-electron chi connectivity index (χ1n) is 4.13. The van der Waals surface area contributed by atoms with E-state index in [1.807, 2.05) is 0 Å². The molecular formula is C9H13FN2O. The van der Waals surface area contributed by atoms with Crippen LogP contribution in [0.2, 0.25) is 0 Å². The summed E-state index contributed by atoms with van der Waals surface area (Å²) >= 11 is 0. The number of rotatable bonds is 3. The third-order valence-corrected chi connectivity index (χ3v) is 1.90. The maximum atomic E-state index is 12.7. The Morgan fingerprint density at radius 3 is 2.92 bits per heavy atom. The Bertz CT molecular complexity index is 291. The standard InChI is InChI=1S/C9H13FN2O/c1-6-4-7(5-12-9(6)10)8(11)2-3-13/h4-5,8,13H,2-3,11H2,1H3/t8-/m1/s1. The van der Waals surface area contributed by atoms with E-state index in [1.165, 1.54) is 6.20 Å². The molecule has 0 unspecified atom stereocenters. The highest BCUT2D eigenvalue weighted by Crippen LogP contribution is 2.14. The van der Waals surface area contributed by atoms with Crippen LogP contribution in [0.3, 0.4) is 0 Å². The molecular weight excluding hydrogens is 171 g/mol. The lowest BCUT2D eigenvalue weighted by molar-refractivity contribution is 0.276. The predicted molar refractivity (Wildman–Crippen MR) is 47.6 cm³/mol. The Kier molecular flexibility index (Phi) is 3.33. The molecule has 13 heavy (non-hydrogen) atoms. The van der Waals surface area contributed by atoms with Gasteiger partial charge in [0.25, 0.3) is 0 Å². The van der Waals surface area contributed by atoms with E-state index < -0.39 is 5.95 Å². The monoisotopic (exact) mass is 184 g/mol. The second kappa shape index (κ2) is 4.30. The number of pyridine rings is 1. The Morgan fingerprint density at radius 1 is 1.69 bits per heavy atom. The lowest BCUT2D eigenvalue weighted by Gasteiger charge is -2.10. The molecule has 0 radical (unpaired) electrons. The zero-order valence-electron chi connectivity index (χ0n) is 7.50. The van der Waals surface area contributed by atoms with Crippen LogP contribution >= 0.6 is 0 Å². The number of hydrogen-bond donors (Lipinski definition) is 2. The Hall–Kier alpha value is -1.00. The smallest absolute Gasteiger partial charge is 0.215 e. The van der Waals surface area contributed by atoms with Gasteiger partial charge in [-0.3, -0.25) is 0 Å². The van der Waals surface area contributed by atoms with Gasteiger partial charge in [0.1, 0.15) is 0 Å². The molecule has 0 amide bonds. The fourth-order valence-corrected chi connectivity index (χ4v) is 1.09. The van der Waals surface area contributed by atoms with E-state index in [0.717, 1.165) is 5.56 Å². The van der Waals surface area contributed by atoms with Crippen molar-refractivity contribution in [2.24, 2.45) is 5.73 Å². The van der Waals surface area contributed by atoms with E-state index in [0.29, 0.717) is 12.0 Å². The number of nitrogens with two attached hydrogens (primary N) is 1. The summed E-state index contributed by atoms with van der Waals surface area (Å²) in [6, 6.07) is 1.39. The van der Waals surface area contributed by atoms with Crippen LogP contribution in [0.4, 0.5) is 4.39 Å². The molecule has 0 aliphatic heterocycles. The maximum absolute atomic E-state index is 12.7. The molecule has 0 spiro atoms. The van der Waals surface area contributed by atoms with Crippen LogP contribution in [0.1, 0.15) is 23.6 Å². The van der Waals surface area contributed by atoms with E-state index in [1.54, 1.807) is 13.0 Å². The van der Waals surface area contributed by atoms with Crippen molar-refractivity contribution >= 4 is 0 Å². The summed E-state index contributed by atoms with van der Waals surface area (Å²) in [6.07, 6.45) is 1.87. The van der Waals surface area contributed by atoms with Crippen molar-refractivity contribution in [2.75, 3.05) is 6.61 Å². The molecule has 72 valence electrons. The van der Waals surface area contributed by atoms with Crippen LogP contribution in [0, 0.1) is 12.9 Å². The average Bonchev–Trinajstić information content (AvgIpc) is 2.10. The third-order valence-electron chi connectivity index (χ3n) is 1.90. The van der Waals surface area contributed by atoms with E-state index in [2.05, 4.69) is 4.98 Å². The van der Waals surface area contributed by atoms with Crippen LogP contribution in [0.25, 0.3) is 0 Å². The van der Waals surface area contributed by atoms with Crippen molar-refractivity contribution in [1.82, 2.24) is 4.98 Å². The number of halogens is 1. The van der Waals surface area contributed by atoms with Gasteiger partial charge in [-0.1, -0.05) is 0 Å². The summed E-state index contributed by atoms with van der Waals surface area (Å²) in [5.74, 6) is -0.472. The number of aliphatic hydroxyl groups excluding tert-OH is 1. The molecule has 0 aromatic carbocycles. The van der Waals surface area contributed by atoms with Crippen molar-refractivity contribution in [3.05, 3.63) is 29.3 Å². The highest BCUT2D eigenvalue weighted by Gasteiger charge is 2.07. The highest BCUT2D eigenvalue weighted by atomic mass is 19.1. The number of aromatic nitrogens is 1. The molecule has 0 bridgehead atoms. The van der Waals surface area contributed by atoms with E-state index >= 15 is 0 Å². The van der Waals surface area contributed by atoms with Gasteiger partial charge in [-0.05, 0) is 25.0 Å². The first-order valence-corrected chi connectivity index (χ1v) is 4.13. The summed E-state index contributed by atoms with van der Waals surface area (Å²) in [4.78, 5) is 3.55. The molecule has 0 saturated heterocycles. The van der Waals surface area contributed by atoms with Crippen LogP contribution < -0.4 is 5.73 Å². The number of aryl methyl sites for hydroxylation is 1. The fraction of sp³-hybridized carbons (Fsp3) is 0.444. The molecule has 1 aromatic rings. The van der Waals surface area contributed by atoms with Gasteiger partial charge >= 0.3 is 0 Å². The van der Waals surface area contributed by atoms with Crippen LogP contribution in [-0.4, -0.2) is 16.7 Å². The molecule has 1 rings (SSSR count). The lowest BCUT2D eigenvalue weighted by atomic mass is 10.1. The summed E-state index contributed by atoms with van der Waals surface area (Å²) in [7, 11) is 0. The van der Waals surface area contributed by atoms with Crippen molar-refractivity contribution in [3.8, 4) is 0 Å². The zero-order chi connectivity index (χ0) is 9.84. The number of nitrogens with zero attached hydrogens (tertiary/aromatic N) is 1. The Morgan fingerprint density at radius 2 is 2.38 bits per heavy atom. The molecule has 1 heterocycles. The second-order valence-electron chi connectivity index (χ2n) is 3.00. The van der Waals surface area contributed by atoms with Crippen molar-refractivity contribution in [1.29, 1.82) is 0 Å². The number of aliphatic hydroxyl groups is 1. The first-order chi connectivity index (χ1) is 6.15. The fourth-order valence-electron chi connectivity index (χ4n) is 1.09. The minimum Gasteiger partial charge on any atom is -0.396 e. The zero-order valence-corrected chi connectivity index (χ0v) is 7.50. The van der Waals surface area contributed by atoms with E-state index in [9.17, 15) is 4.39 Å². The molecule has 3 nitrogen and oxygen atoms in total. The van der Waals surface area contributed by atoms with Gasteiger partial charge in [0, 0.05) is 24.4 Å². The molecule has 1 aromatic heterocycles. The Labute approximate surface area is 76.4 Å². The lowest BCUT2D eigenvalue weighted by Crippen LogP contribution is -2.12. The minimum absolute atomic E-state index is 0.0254. The first kappa shape index (κ1) is 10.1. The van der Waals surface area contributed by atoms with Gasteiger partial charge in [0.2, 0.25) is 5.95 Å². The van der Waals surface area contributed by atoms with Gasteiger partial charge in [0.15, 0.2) is 0 Å². The van der Waals surface area contributed by atoms with Gasteiger partial charge in [-0.2, -0.15) is 4.39 Å². The summed E-state index contributed by atoms with van der Waals surface area (Å²) in [6.45, 7) is 1.66. The topological polar surface area (TPSA) is 59.1 Å². The summed E-state index contributed by atoms with van der Waals surface area (Å²) < 4.78 is 12.7. The van der Waals surface area contributed by atoms with Crippen molar-refractivity contribution < 1.29 is 9.50 Å². The minimum atomic E-state index is -0.472. The number of hydrogen-bond acceptors (Lipinski definition) is 3. The van der Waals surface area contributed by atoms with Gasteiger partial charge in [-0.15, -0.1) is 0 Å². The molecule has 0 saturated carbocycles. The molecule has 4 heteroatoms. The summed E-state index contributed by atoms with van der Waals surface area (Å²) in [5.41, 5.74) is 6.94. The quantitative estimate of drug-likeness (QED) is 0.686. The molecule has 1 atom stereocenters. The highest BCUT2D eigenvalue weighted by molar-refractivity contribution is 5.20. The van der Waals surface area contributed by atoms with E-state index in [4.69, 9.17) is 10.8 Å².